The van der Waals surface area contributed by atoms with Crippen molar-refractivity contribution in [1.82, 2.24) is 19.9 Å². The summed E-state index contributed by atoms with van der Waals surface area (Å²) in [5, 5.41) is 2.09. The number of rotatable bonds is 3. The van der Waals surface area contributed by atoms with Gasteiger partial charge in [-0.2, -0.15) is 0 Å². The lowest BCUT2D eigenvalue weighted by atomic mass is 10.2. The van der Waals surface area contributed by atoms with Crippen LogP contribution in [0.5, 0.6) is 0 Å². The summed E-state index contributed by atoms with van der Waals surface area (Å²) in [6, 6.07) is 5.55. The number of aryl methyl sites for hydroxylation is 2. The van der Waals surface area contributed by atoms with Gasteiger partial charge in [0, 0.05) is 9.90 Å². The highest BCUT2D eigenvalue weighted by atomic mass is 35.5. The van der Waals surface area contributed by atoms with Crippen LogP contribution >= 0.6 is 34.7 Å². The van der Waals surface area contributed by atoms with Crippen LogP contribution in [-0.4, -0.2) is 19.9 Å². The Bertz CT molecular complexity index is 1160. The van der Waals surface area contributed by atoms with Crippen LogP contribution in [0, 0.1) is 13.8 Å². The molecule has 0 aliphatic rings. The van der Waals surface area contributed by atoms with Crippen LogP contribution < -0.4 is 5.56 Å². The van der Waals surface area contributed by atoms with Crippen molar-refractivity contribution < 1.29 is 0 Å². The first-order chi connectivity index (χ1) is 11.9. The molecule has 5 nitrogen and oxygen atoms in total. The van der Waals surface area contributed by atoms with Crippen LogP contribution in [0.1, 0.15) is 28.4 Å². The normalized spacial score (nSPS) is 13.0. The molecule has 4 rings (SSSR count). The molecule has 0 spiro atoms. The molecule has 3 aromatic heterocycles. The lowest BCUT2D eigenvalue weighted by Crippen LogP contribution is -2.12. The van der Waals surface area contributed by atoms with Gasteiger partial charge in [0.25, 0.3) is 5.56 Å². The maximum atomic E-state index is 12.4. The van der Waals surface area contributed by atoms with E-state index in [0.717, 1.165) is 31.5 Å². The van der Waals surface area contributed by atoms with Crippen molar-refractivity contribution in [2.45, 2.75) is 31.2 Å². The number of hydrogen-bond acceptors (Lipinski definition) is 5. The van der Waals surface area contributed by atoms with Crippen molar-refractivity contribution in [3.63, 3.8) is 0 Å². The fraction of sp³-hybridized carbons (Fsp3) is 0.235. The molecule has 0 bridgehead atoms. The highest BCUT2D eigenvalue weighted by Gasteiger charge is 2.17. The summed E-state index contributed by atoms with van der Waals surface area (Å²) < 4.78 is 0. The van der Waals surface area contributed by atoms with E-state index in [4.69, 9.17) is 11.6 Å². The minimum absolute atomic E-state index is 0.0455. The van der Waals surface area contributed by atoms with Gasteiger partial charge in [-0.05, 0) is 44.5 Å². The molecule has 1 atom stereocenters. The number of imidazole rings is 1. The first-order valence-electron chi connectivity index (χ1n) is 7.74. The first-order valence-corrected chi connectivity index (χ1v) is 9.81. The topological polar surface area (TPSA) is 74.4 Å². The largest absolute Gasteiger partial charge is 0.333 e. The first kappa shape index (κ1) is 16.6. The second-order valence-corrected chi connectivity index (χ2v) is 8.85. The average Bonchev–Trinajstić information content (AvgIpc) is 3.07. The second kappa shape index (κ2) is 6.16. The van der Waals surface area contributed by atoms with E-state index in [1.165, 1.54) is 11.8 Å². The molecule has 0 aliphatic carbocycles. The lowest BCUT2D eigenvalue weighted by molar-refractivity contribution is 0.916. The third-order valence-electron chi connectivity index (χ3n) is 4.15. The summed E-state index contributed by atoms with van der Waals surface area (Å²) in [4.78, 5) is 29.7. The van der Waals surface area contributed by atoms with E-state index in [9.17, 15) is 4.79 Å². The van der Waals surface area contributed by atoms with Crippen LogP contribution in [0.25, 0.3) is 21.3 Å². The van der Waals surface area contributed by atoms with E-state index >= 15 is 0 Å². The van der Waals surface area contributed by atoms with E-state index in [1.54, 1.807) is 11.3 Å². The van der Waals surface area contributed by atoms with Crippen LogP contribution in [0.2, 0.25) is 5.02 Å². The highest BCUT2D eigenvalue weighted by molar-refractivity contribution is 7.99. The standard InChI is InChI=1S/C17H15ClN4OS2/c1-7-8(2)24-16-13(7)15(23)21-14(22-16)9(3)25-17-19-11-5-4-10(18)6-12(11)20-17/h4-6,9H,1-3H3,(H,19,20)(H,21,22,23)/t9-/m1/s1. The molecule has 0 fully saturated rings. The van der Waals surface area contributed by atoms with Gasteiger partial charge in [-0.1, -0.05) is 23.4 Å². The van der Waals surface area contributed by atoms with Gasteiger partial charge in [-0.15, -0.1) is 11.3 Å². The smallest absolute Gasteiger partial charge is 0.259 e. The van der Waals surface area contributed by atoms with Gasteiger partial charge in [-0.25, -0.2) is 9.97 Å². The molecular formula is C17H15ClN4OS2. The Kier molecular flexibility index (Phi) is 4.10. The Balaban J connectivity index is 1.69. The Labute approximate surface area is 156 Å². The van der Waals surface area contributed by atoms with Gasteiger partial charge >= 0.3 is 0 Å². The van der Waals surface area contributed by atoms with Crippen LogP contribution in [0.15, 0.2) is 28.2 Å². The zero-order valence-electron chi connectivity index (χ0n) is 13.8. The third kappa shape index (κ3) is 2.96. The number of nitrogens with zero attached hydrogens (tertiary/aromatic N) is 2. The number of aromatic nitrogens is 4. The zero-order chi connectivity index (χ0) is 17.7. The van der Waals surface area contributed by atoms with Crippen LogP contribution in [0.4, 0.5) is 0 Å². The summed E-state index contributed by atoms with van der Waals surface area (Å²) in [5.41, 5.74) is 2.68. The quantitative estimate of drug-likeness (QED) is 0.483. The van der Waals surface area contributed by atoms with Gasteiger partial charge in [-0.3, -0.25) is 4.79 Å². The fourth-order valence-electron chi connectivity index (χ4n) is 2.70. The molecule has 0 saturated heterocycles. The number of thiophene rings is 1. The molecule has 0 aliphatic heterocycles. The van der Waals surface area contributed by atoms with Gasteiger partial charge < -0.3 is 9.97 Å². The maximum absolute atomic E-state index is 12.4. The minimum Gasteiger partial charge on any atom is -0.333 e. The molecule has 0 unspecified atom stereocenters. The maximum Gasteiger partial charge on any atom is 0.259 e. The number of aromatic amines is 2. The molecule has 25 heavy (non-hydrogen) atoms. The Morgan fingerprint density at radius 2 is 2.04 bits per heavy atom. The van der Waals surface area contributed by atoms with Crippen molar-refractivity contribution in [2.75, 3.05) is 0 Å². The summed E-state index contributed by atoms with van der Waals surface area (Å²) >= 11 is 9.09. The SMILES string of the molecule is Cc1sc2nc([C@@H](C)Sc3nc4ccc(Cl)cc4[nH]3)[nH]c(=O)c2c1C. The van der Waals surface area contributed by atoms with Crippen molar-refractivity contribution in [2.24, 2.45) is 0 Å². The van der Waals surface area contributed by atoms with Gasteiger partial charge in [0.2, 0.25) is 0 Å². The van der Waals surface area contributed by atoms with E-state index in [-0.39, 0.29) is 10.8 Å². The van der Waals surface area contributed by atoms with Crippen molar-refractivity contribution in [1.29, 1.82) is 0 Å². The van der Waals surface area contributed by atoms with E-state index < -0.39 is 0 Å². The molecule has 128 valence electrons. The molecule has 3 heterocycles. The predicted octanol–water partition coefficient (Wildman–Crippen LogP) is 4.98. The summed E-state index contributed by atoms with van der Waals surface area (Å²) in [6.45, 7) is 5.98. The number of nitrogens with one attached hydrogen (secondary N) is 2. The van der Waals surface area contributed by atoms with Gasteiger partial charge in [0.15, 0.2) is 5.16 Å². The van der Waals surface area contributed by atoms with Gasteiger partial charge in [0.05, 0.1) is 21.7 Å². The van der Waals surface area contributed by atoms with E-state index in [2.05, 4.69) is 19.9 Å². The minimum atomic E-state index is -0.0781. The van der Waals surface area contributed by atoms with Crippen LogP contribution in [0.3, 0.4) is 0 Å². The number of thioether (sulfide) groups is 1. The van der Waals surface area contributed by atoms with E-state index in [1.807, 2.05) is 39.0 Å². The Hall–Kier alpha value is -1.83. The van der Waals surface area contributed by atoms with Crippen molar-refractivity contribution in [3.05, 3.63) is 49.8 Å². The number of benzene rings is 1. The summed E-state index contributed by atoms with van der Waals surface area (Å²) in [5.74, 6) is 0.655. The monoisotopic (exact) mass is 390 g/mol. The average molecular weight is 391 g/mol. The van der Waals surface area contributed by atoms with E-state index in [0.29, 0.717) is 16.2 Å². The Morgan fingerprint density at radius 3 is 2.84 bits per heavy atom. The summed E-state index contributed by atoms with van der Waals surface area (Å²) in [7, 11) is 0. The molecule has 0 amide bonds. The van der Waals surface area contributed by atoms with Crippen molar-refractivity contribution in [3.8, 4) is 0 Å². The molecule has 8 heteroatoms. The fourth-order valence-corrected chi connectivity index (χ4v) is 4.79. The molecular weight excluding hydrogens is 376 g/mol. The van der Waals surface area contributed by atoms with Crippen LogP contribution in [-0.2, 0) is 0 Å². The number of fused-ring (bicyclic) bond motifs is 2. The molecule has 0 saturated carbocycles. The number of halogens is 1. The summed E-state index contributed by atoms with van der Waals surface area (Å²) in [6.07, 6.45) is 0. The number of hydrogen-bond donors (Lipinski definition) is 2. The van der Waals surface area contributed by atoms with Crippen molar-refractivity contribution >= 4 is 55.9 Å². The van der Waals surface area contributed by atoms with Gasteiger partial charge in [0.1, 0.15) is 10.7 Å². The second-order valence-electron chi connectivity index (χ2n) is 5.88. The lowest BCUT2D eigenvalue weighted by Gasteiger charge is -2.08. The Morgan fingerprint density at radius 1 is 1.24 bits per heavy atom. The highest BCUT2D eigenvalue weighted by Crippen LogP contribution is 2.34. The molecule has 1 aromatic carbocycles. The molecule has 4 aromatic rings. The number of H-pyrrole nitrogens is 2. The molecule has 0 radical (unpaired) electrons. The zero-order valence-corrected chi connectivity index (χ0v) is 16.2. The molecule has 2 N–H and O–H groups in total. The predicted molar refractivity (Wildman–Crippen MR) is 105 cm³/mol. The third-order valence-corrected chi connectivity index (χ3v) is 6.48.